The molecule has 2 aliphatic rings. The Bertz CT molecular complexity index is 955. The zero-order valence-electron chi connectivity index (χ0n) is 12.9. The van der Waals surface area contributed by atoms with Gasteiger partial charge in [0, 0.05) is 17.3 Å². The van der Waals surface area contributed by atoms with Gasteiger partial charge < -0.3 is 4.74 Å². The Morgan fingerprint density at radius 2 is 2.21 bits per heavy atom. The summed E-state index contributed by atoms with van der Waals surface area (Å²) in [5, 5.41) is 1.90. The third-order valence-electron chi connectivity index (χ3n) is 4.37. The smallest absolute Gasteiger partial charge is 0.329 e. The normalized spacial score (nSPS) is 21.9. The molecule has 1 saturated heterocycles. The quantitative estimate of drug-likeness (QED) is 0.851. The van der Waals surface area contributed by atoms with Crippen LogP contribution < -0.4 is 11.2 Å². The molecule has 2 aromatic rings. The molecule has 4 heterocycles. The molecule has 2 unspecified atom stereocenters. The third kappa shape index (κ3) is 2.10. The maximum absolute atomic E-state index is 12.6. The summed E-state index contributed by atoms with van der Waals surface area (Å²) in [4.78, 5) is 44.7. The number of aliphatic imine (C=N–C) groups is 1. The van der Waals surface area contributed by atoms with E-state index in [4.69, 9.17) is 4.74 Å². The fourth-order valence-corrected chi connectivity index (χ4v) is 4.25. The van der Waals surface area contributed by atoms with Gasteiger partial charge in [0.25, 0.3) is 5.56 Å². The minimum Gasteiger partial charge on any atom is -0.459 e. The minimum atomic E-state index is -0.593. The van der Waals surface area contributed by atoms with Gasteiger partial charge in [-0.2, -0.15) is 0 Å². The van der Waals surface area contributed by atoms with Gasteiger partial charge in [-0.05, 0) is 17.9 Å². The number of fused-ring (bicyclic) bond motifs is 2. The summed E-state index contributed by atoms with van der Waals surface area (Å²) in [5.74, 6) is -1.07. The molecule has 0 amide bonds. The number of esters is 1. The highest BCUT2D eigenvalue weighted by atomic mass is 32.1. The molecule has 0 aromatic carbocycles. The second-order valence-electron chi connectivity index (χ2n) is 5.83. The number of nitrogens with zero attached hydrogens (tertiary/aromatic N) is 2. The summed E-state index contributed by atoms with van der Waals surface area (Å²) in [6.07, 6.45) is 0.728. The van der Waals surface area contributed by atoms with Crippen molar-refractivity contribution in [3.63, 3.8) is 0 Å². The van der Waals surface area contributed by atoms with E-state index in [1.807, 2.05) is 24.4 Å². The van der Waals surface area contributed by atoms with E-state index in [1.54, 1.807) is 0 Å². The largest absolute Gasteiger partial charge is 0.459 e. The molecule has 0 aliphatic carbocycles. The molecule has 24 heavy (non-hydrogen) atoms. The molecule has 1 fully saturated rings. The number of aromatic nitrogens is 2. The lowest BCUT2D eigenvalue weighted by Crippen LogP contribution is -2.39. The number of carbonyl (C=O) groups excluding carboxylic acids is 1. The van der Waals surface area contributed by atoms with E-state index in [2.05, 4.69) is 9.98 Å². The number of cyclic esters (lactones) is 1. The van der Waals surface area contributed by atoms with E-state index in [9.17, 15) is 14.4 Å². The van der Waals surface area contributed by atoms with Gasteiger partial charge in [0.1, 0.15) is 18.3 Å². The standard InChI is InChI=1S/C16H15N3O4S/c1-2-5-19-13-12(14(20)18-16(19)22)11(9-4-3-6-24-9)10-8(17-13)7-23-15(10)21/h3-4,6,10-11H,2,5,7H2,1H3,(H,18,20,22). The van der Waals surface area contributed by atoms with Crippen LogP contribution in [0.4, 0.5) is 5.82 Å². The molecule has 8 heteroatoms. The molecule has 4 rings (SSSR count). The Morgan fingerprint density at radius 1 is 1.38 bits per heavy atom. The molecule has 0 bridgehead atoms. The predicted octanol–water partition coefficient (Wildman–Crippen LogP) is 1.40. The van der Waals surface area contributed by atoms with Crippen LogP contribution >= 0.6 is 11.3 Å². The van der Waals surface area contributed by atoms with Crippen LogP contribution in [0.25, 0.3) is 0 Å². The highest BCUT2D eigenvalue weighted by Crippen LogP contribution is 2.43. The Balaban J connectivity index is 2.05. The van der Waals surface area contributed by atoms with Crippen LogP contribution in [-0.4, -0.2) is 27.8 Å². The molecule has 2 atom stereocenters. The van der Waals surface area contributed by atoms with E-state index in [1.165, 1.54) is 15.9 Å². The number of rotatable bonds is 3. The van der Waals surface area contributed by atoms with Crippen molar-refractivity contribution in [2.45, 2.75) is 25.8 Å². The van der Waals surface area contributed by atoms with Gasteiger partial charge in [0.05, 0.1) is 11.3 Å². The summed E-state index contributed by atoms with van der Waals surface area (Å²) in [7, 11) is 0. The van der Waals surface area contributed by atoms with E-state index in [0.29, 0.717) is 23.6 Å². The van der Waals surface area contributed by atoms with Crippen molar-refractivity contribution in [3.8, 4) is 0 Å². The fraction of sp³-hybridized carbons (Fsp3) is 0.375. The van der Waals surface area contributed by atoms with Crippen molar-refractivity contribution >= 4 is 28.8 Å². The average Bonchev–Trinajstić information content (AvgIpc) is 3.20. The van der Waals surface area contributed by atoms with Gasteiger partial charge >= 0.3 is 11.7 Å². The first-order valence-corrected chi connectivity index (χ1v) is 8.64. The number of ether oxygens (including phenoxy) is 1. The molecular weight excluding hydrogens is 330 g/mol. The van der Waals surface area contributed by atoms with Crippen molar-refractivity contribution in [2.75, 3.05) is 6.61 Å². The molecule has 1 N–H and O–H groups in total. The zero-order valence-corrected chi connectivity index (χ0v) is 13.8. The number of nitrogens with one attached hydrogen (secondary N) is 1. The number of carbonyl (C=O) groups is 1. The lowest BCUT2D eigenvalue weighted by atomic mass is 9.81. The summed E-state index contributed by atoms with van der Waals surface area (Å²) in [6, 6.07) is 3.77. The summed E-state index contributed by atoms with van der Waals surface area (Å²) in [5.41, 5.74) is 0.000627. The summed E-state index contributed by atoms with van der Waals surface area (Å²) >= 11 is 1.47. The number of hydrogen-bond donors (Lipinski definition) is 1. The maximum atomic E-state index is 12.6. The second-order valence-corrected chi connectivity index (χ2v) is 6.81. The first-order valence-electron chi connectivity index (χ1n) is 7.76. The van der Waals surface area contributed by atoms with Gasteiger partial charge in [-0.3, -0.25) is 19.1 Å². The lowest BCUT2D eigenvalue weighted by molar-refractivity contribution is -0.141. The predicted molar refractivity (Wildman–Crippen MR) is 89.3 cm³/mol. The Morgan fingerprint density at radius 3 is 2.92 bits per heavy atom. The molecule has 2 aromatic heterocycles. The van der Waals surface area contributed by atoms with Crippen LogP contribution in [0.2, 0.25) is 0 Å². The molecule has 7 nitrogen and oxygen atoms in total. The van der Waals surface area contributed by atoms with Crippen molar-refractivity contribution in [1.82, 2.24) is 9.55 Å². The molecule has 124 valence electrons. The lowest BCUT2D eigenvalue weighted by Gasteiger charge is -2.26. The van der Waals surface area contributed by atoms with Crippen molar-refractivity contribution < 1.29 is 9.53 Å². The van der Waals surface area contributed by atoms with Gasteiger partial charge in [0.2, 0.25) is 0 Å². The molecular formula is C16H15N3O4S. The highest BCUT2D eigenvalue weighted by Gasteiger charge is 2.47. The van der Waals surface area contributed by atoms with Crippen LogP contribution in [0.15, 0.2) is 32.1 Å². The number of H-pyrrole nitrogens is 1. The van der Waals surface area contributed by atoms with Gasteiger partial charge in [-0.1, -0.05) is 13.0 Å². The third-order valence-corrected chi connectivity index (χ3v) is 5.33. The van der Waals surface area contributed by atoms with E-state index < -0.39 is 23.1 Å². The zero-order chi connectivity index (χ0) is 16.8. The van der Waals surface area contributed by atoms with Crippen LogP contribution in [0.3, 0.4) is 0 Å². The first kappa shape index (κ1) is 15.1. The van der Waals surface area contributed by atoms with E-state index in [-0.39, 0.29) is 12.6 Å². The van der Waals surface area contributed by atoms with Gasteiger partial charge in [-0.25, -0.2) is 9.79 Å². The van der Waals surface area contributed by atoms with E-state index in [0.717, 1.165) is 11.3 Å². The topological polar surface area (TPSA) is 93.5 Å². The molecule has 0 spiro atoms. The first-order chi connectivity index (χ1) is 11.6. The second kappa shape index (κ2) is 5.55. The number of hydrogen-bond acceptors (Lipinski definition) is 6. The van der Waals surface area contributed by atoms with E-state index >= 15 is 0 Å². The monoisotopic (exact) mass is 345 g/mol. The summed E-state index contributed by atoms with van der Waals surface area (Å²) < 4.78 is 6.64. The Hall–Kier alpha value is -2.48. The van der Waals surface area contributed by atoms with Gasteiger partial charge in [0.15, 0.2) is 0 Å². The summed E-state index contributed by atoms with van der Waals surface area (Å²) in [6.45, 7) is 2.50. The number of aromatic amines is 1. The van der Waals surface area contributed by atoms with Crippen LogP contribution in [0.1, 0.15) is 29.7 Å². The minimum absolute atomic E-state index is 0.109. The number of thiophene rings is 1. The molecule has 2 aliphatic heterocycles. The van der Waals surface area contributed by atoms with Crippen molar-refractivity contribution in [1.29, 1.82) is 0 Å². The van der Waals surface area contributed by atoms with Crippen molar-refractivity contribution in [2.24, 2.45) is 10.9 Å². The van der Waals surface area contributed by atoms with Crippen molar-refractivity contribution in [3.05, 3.63) is 48.8 Å². The Labute approximate surface area is 140 Å². The van der Waals surface area contributed by atoms with Crippen LogP contribution in [-0.2, 0) is 16.1 Å². The molecule has 0 saturated carbocycles. The fourth-order valence-electron chi connectivity index (χ4n) is 3.38. The Kier molecular flexibility index (Phi) is 3.49. The maximum Gasteiger partial charge on any atom is 0.329 e. The molecule has 0 radical (unpaired) electrons. The highest BCUT2D eigenvalue weighted by molar-refractivity contribution is 7.10. The SMILES string of the molecule is CCCn1c2c(c(=O)[nH]c1=O)C(c1cccs1)C1C(=O)OCC1=N2. The van der Waals surface area contributed by atoms with Crippen LogP contribution in [0.5, 0.6) is 0 Å². The van der Waals surface area contributed by atoms with Crippen LogP contribution in [0, 0.1) is 5.92 Å². The average molecular weight is 345 g/mol. The van der Waals surface area contributed by atoms with Gasteiger partial charge in [-0.15, -0.1) is 11.3 Å².